The van der Waals surface area contributed by atoms with E-state index in [0.29, 0.717) is 17.3 Å². The predicted molar refractivity (Wildman–Crippen MR) is 101 cm³/mol. The zero-order valence-electron chi connectivity index (χ0n) is 14.7. The van der Waals surface area contributed by atoms with Crippen molar-refractivity contribution in [2.45, 2.75) is 64.0 Å². The van der Waals surface area contributed by atoms with E-state index in [9.17, 15) is 9.50 Å². The van der Waals surface area contributed by atoms with Gasteiger partial charge < -0.3 is 9.53 Å². The quantitative estimate of drug-likeness (QED) is 0.448. The van der Waals surface area contributed by atoms with E-state index >= 15 is 0 Å². The normalized spacial score (nSPS) is 15.3. The highest BCUT2D eigenvalue weighted by Crippen LogP contribution is 2.41. The molecule has 0 aliphatic heterocycles. The van der Waals surface area contributed by atoms with E-state index in [2.05, 4.69) is 56.4 Å². The second-order valence-electron chi connectivity index (χ2n) is 7.45. The first-order chi connectivity index (χ1) is 10.5. The monoisotopic (exact) mass is 402 g/mol. The summed E-state index contributed by atoms with van der Waals surface area (Å²) in [6, 6.07) is 4.91. The third kappa shape index (κ3) is 5.82. The molecule has 0 heterocycles. The highest BCUT2D eigenvalue weighted by atomic mass is 79.9. The highest BCUT2D eigenvalue weighted by molar-refractivity contribution is 9.10. The standard InChI is InChI=1S/C18H28BrFO2Si/c1-7-8-14(21)12-17(22-23(5,6)18(2,3)4)13-9-10-16(20)15(19)11-13/h7,9-11,14,17,21H,1,8,12H2,2-6H3. The van der Waals surface area contributed by atoms with E-state index < -0.39 is 14.4 Å². The second kappa shape index (κ2) is 8.06. The molecule has 0 saturated heterocycles. The number of benzene rings is 1. The predicted octanol–water partition coefficient (Wildman–Crippen LogP) is 5.98. The summed E-state index contributed by atoms with van der Waals surface area (Å²) in [5.74, 6) is -0.300. The first-order valence-electron chi connectivity index (χ1n) is 7.89. The Balaban J connectivity index is 3.11. The van der Waals surface area contributed by atoms with Crippen LogP contribution in [-0.4, -0.2) is 19.5 Å². The summed E-state index contributed by atoms with van der Waals surface area (Å²) in [4.78, 5) is 0. The van der Waals surface area contributed by atoms with Crippen molar-refractivity contribution in [1.82, 2.24) is 0 Å². The molecule has 1 aromatic carbocycles. The minimum absolute atomic E-state index is 0.0614. The minimum atomic E-state index is -2.02. The SMILES string of the molecule is C=CCC(O)CC(O[Si](C)(C)C(C)(C)C)c1ccc(F)c(Br)c1. The maximum absolute atomic E-state index is 13.5. The Labute approximate surface area is 149 Å². The number of hydrogen-bond acceptors (Lipinski definition) is 2. The molecule has 1 aromatic rings. The summed E-state index contributed by atoms with van der Waals surface area (Å²) in [5, 5.41) is 10.2. The molecule has 0 aliphatic rings. The maximum Gasteiger partial charge on any atom is 0.192 e. The van der Waals surface area contributed by atoms with Crippen LogP contribution >= 0.6 is 15.9 Å². The molecule has 5 heteroatoms. The summed E-state index contributed by atoms with van der Waals surface area (Å²) >= 11 is 3.23. The van der Waals surface area contributed by atoms with Crippen molar-refractivity contribution in [2.75, 3.05) is 0 Å². The molecule has 0 saturated carbocycles. The Morgan fingerprint density at radius 3 is 2.48 bits per heavy atom. The maximum atomic E-state index is 13.5. The van der Waals surface area contributed by atoms with Gasteiger partial charge in [0.2, 0.25) is 0 Å². The third-order valence-electron chi connectivity index (χ3n) is 4.48. The zero-order valence-corrected chi connectivity index (χ0v) is 17.3. The highest BCUT2D eigenvalue weighted by Gasteiger charge is 2.39. The largest absolute Gasteiger partial charge is 0.410 e. The summed E-state index contributed by atoms with van der Waals surface area (Å²) in [6.07, 6.45) is 1.90. The molecular weight excluding hydrogens is 375 g/mol. The van der Waals surface area contributed by atoms with Crippen LogP contribution in [0.2, 0.25) is 18.1 Å². The van der Waals surface area contributed by atoms with Gasteiger partial charge in [-0.3, -0.25) is 0 Å². The van der Waals surface area contributed by atoms with E-state index in [0.717, 1.165) is 5.56 Å². The first kappa shape index (κ1) is 20.6. The molecule has 130 valence electrons. The van der Waals surface area contributed by atoms with Gasteiger partial charge in [-0.05, 0) is 58.2 Å². The Kier molecular flexibility index (Phi) is 7.20. The molecule has 2 atom stereocenters. The molecule has 2 unspecified atom stereocenters. The van der Waals surface area contributed by atoms with Crippen LogP contribution in [0.3, 0.4) is 0 Å². The van der Waals surface area contributed by atoms with Crippen LogP contribution in [0.15, 0.2) is 35.3 Å². The average Bonchev–Trinajstić information content (AvgIpc) is 2.40. The van der Waals surface area contributed by atoms with Crippen molar-refractivity contribution >= 4 is 24.2 Å². The fraction of sp³-hybridized carbons (Fsp3) is 0.556. The van der Waals surface area contributed by atoms with Crippen molar-refractivity contribution in [3.8, 4) is 0 Å². The van der Waals surface area contributed by atoms with Gasteiger partial charge in [0, 0.05) is 6.42 Å². The van der Waals surface area contributed by atoms with Crippen molar-refractivity contribution < 1.29 is 13.9 Å². The summed E-state index contributed by atoms with van der Waals surface area (Å²) < 4.78 is 20.4. The lowest BCUT2D eigenvalue weighted by atomic mass is 10.0. The molecule has 1 N–H and O–H groups in total. The molecule has 23 heavy (non-hydrogen) atoms. The number of aliphatic hydroxyl groups excluding tert-OH is 1. The molecule has 0 radical (unpaired) electrons. The van der Waals surface area contributed by atoms with Gasteiger partial charge in [-0.25, -0.2) is 4.39 Å². The second-order valence-corrected chi connectivity index (χ2v) is 13.1. The molecule has 0 aliphatic carbocycles. The average molecular weight is 403 g/mol. The zero-order chi connectivity index (χ0) is 17.8. The van der Waals surface area contributed by atoms with Crippen molar-refractivity contribution in [3.63, 3.8) is 0 Å². The van der Waals surface area contributed by atoms with Gasteiger partial charge in [0.1, 0.15) is 5.82 Å². The fourth-order valence-electron chi connectivity index (χ4n) is 2.03. The smallest absolute Gasteiger partial charge is 0.192 e. The van der Waals surface area contributed by atoms with Crippen LogP contribution in [0, 0.1) is 5.82 Å². The molecular formula is C18H28BrFO2Si. The Morgan fingerprint density at radius 2 is 2.00 bits per heavy atom. The van der Waals surface area contributed by atoms with Gasteiger partial charge >= 0.3 is 0 Å². The Hall–Kier alpha value is -0.493. The lowest BCUT2D eigenvalue weighted by molar-refractivity contribution is 0.0878. The van der Waals surface area contributed by atoms with Crippen LogP contribution in [0.4, 0.5) is 4.39 Å². The first-order valence-corrected chi connectivity index (χ1v) is 11.6. The minimum Gasteiger partial charge on any atom is -0.410 e. The van der Waals surface area contributed by atoms with Crippen LogP contribution < -0.4 is 0 Å². The number of halogens is 2. The Morgan fingerprint density at radius 1 is 1.39 bits per heavy atom. The van der Waals surface area contributed by atoms with E-state index in [-0.39, 0.29) is 17.0 Å². The van der Waals surface area contributed by atoms with Gasteiger partial charge in [0.15, 0.2) is 8.32 Å². The number of aliphatic hydroxyl groups is 1. The summed E-state index contributed by atoms with van der Waals surface area (Å²) in [7, 11) is -2.02. The van der Waals surface area contributed by atoms with E-state index in [4.69, 9.17) is 4.43 Å². The van der Waals surface area contributed by atoms with Crippen LogP contribution in [0.1, 0.15) is 45.3 Å². The van der Waals surface area contributed by atoms with E-state index in [1.165, 1.54) is 6.07 Å². The fourth-order valence-corrected chi connectivity index (χ4v) is 3.73. The van der Waals surface area contributed by atoms with Gasteiger partial charge in [0.05, 0.1) is 16.7 Å². The number of hydrogen-bond donors (Lipinski definition) is 1. The van der Waals surface area contributed by atoms with Gasteiger partial charge in [-0.15, -0.1) is 6.58 Å². The molecule has 0 spiro atoms. The lowest BCUT2D eigenvalue weighted by Gasteiger charge is -2.40. The Bertz CT molecular complexity index is 540. The molecule has 0 aromatic heterocycles. The van der Waals surface area contributed by atoms with Crippen molar-refractivity contribution in [1.29, 1.82) is 0 Å². The molecule has 0 fully saturated rings. The molecule has 1 rings (SSSR count). The molecule has 0 amide bonds. The van der Waals surface area contributed by atoms with Gasteiger partial charge in [-0.1, -0.05) is 32.9 Å². The molecule has 2 nitrogen and oxygen atoms in total. The lowest BCUT2D eigenvalue weighted by Crippen LogP contribution is -2.42. The van der Waals surface area contributed by atoms with Gasteiger partial charge in [0.25, 0.3) is 0 Å². The topological polar surface area (TPSA) is 29.5 Å². The van der Waals surface area contributed by atoms with Crippen LogP contribution in [0.5, 0.6) is 0 Å². The van der Waals surface area contributed by atoms with Crippen LogP contribution in [0.25, 0.3) is 0 Å². The van der Waals surface area contributed by atoms with E-state index in [1.807, 2.05) is 0 Å². The summed E-state index contributed by atoms with van der Waals surface area (Å²) in [5.41, 5.74) is 0.881. The third-order valence-corrected chi connectivity index (χ3v) is 9.58. The molecule has 0 bridgehead atoms. The van der Waals surface area contributed by atoms with E-state index in [1.54, 1.807) is 18.2 Å². The van der Waals surface area contributed by atoms with Crippen LogP contribution in [-0.2, 0) is 4.43 Å². The number of rotatable bonds is 7. The van der Waals surface area contributed by atoms with Crippen molar-refractivity contribution in [2.24, 2.45) is 0 Å². The van der Waals surface area contributed by atoms with Crippen molar-refractivity contribution in [3.05, 3.63) is 46.7 Å². The van der Waals surface area contributed by atoms with Gasteiger partial charge in [-0.2, -0.15) is 0 Å². The summed E-state index contributed by atoms with van der Waals surface area (Å²) in [6.45, 7) is 14.6.